The van der Waals surface area contributed by atoms with Gasteiger partial charge in [0.25, 0.3) is 0 Å². The summed E-state index contributed by atoms with van der Waals surface area (Å²) < 4.78 is 19.8. The van der Waals surface area contributed by atoms with E-state index < -0.39 is 10.3 Å². The van der Waals surface area contributed by atoms with Gasteiger partial charge in [0.15, 0.2) is 0 Å². The Morgan fingerprint density at radius 2 is 1.47 bits per heavy atom. The van der Waals surface area contributed by atoms with E-state index in [1.165, 1.54) is 16.7 Å². The fraction of sp³-hybridized carbons (Fsp3) is 0.273. The molecule has 6 heteroatoms. The molecule has 0 saturated heterocycles. The number of nitrogens with zero attached hydrogens (tertiary/aromatic N) is 3. The van der Waals surface area contributed by atoms with E-state index in [2.05, 4.69) is 60.6 Å². The molecule has 1 heterocycles. The molecular weight excluding hydrogens is 238 g/mol. The molecule has 0 saturated carbocycles. The summed E-state index contributed by atoms with van der Waals surface area (Å²) in [7, 11) is -2.34. The van der Waals surface area contributed by atoms with Crippen molar-refractivity contribution in [3.8, 4) is 0 Å². The maximum atomic E-state index is 9.89. The van der Waals surface area contributed by atoms with Crippen molar-refractivity contribution in [1.82, 2.24) is 0 Å². The van der Waals surface area contributed by atoms with E-state index in [4.69, 9.17) is 0 Å². The highest BCUT2D eigenvalue weighted by atomic mass is 32.2. The first-order valence-electron chi connectivity index (χ1n) is 4.87. The predicted molar refractivity (Wildman–Crippen MR) is 66.9 cm³/mol. The van der Waals surface area contributed by atoms with Gasteiger partial charge in [-0.15, -0.1) is 0 Å². The van der Waals surface area contributed by atoms with Crippen LogP contribution >= 0.6 is 0 Å². The van der Waals surface area contributed by atoms with Crippen LogP contribution in [0.1, 0.15) is 16.7 Å². The molecule has 1 aliphatic rings. The van der Waals surface area contributed by atoms with Gasteiger partial charge in [-0.3, -0.25) is 6.21 Å². The second-order valence-corrected chi connectivity index (χ2v) is 4.46. The molecule has 5 nitrogen and oxygen atoms in total. The van der Waals surface area contributed by atoms with Crippen molar-refractivity contribution in [1.29, 1.82) is 0 Å². The molecule has 0 radical (unpaired) electrons. The van der Waals surface area contributed by atoms with Gasteiger partial charge < -0.3 is 5.10 Å². The van der Waals surface area contributed by atoms with E-state index in [1.54, 1.807) is 0 Å². The second kappa shape index (κ2) is 6.05. The maximum absolute atomic E-state index is 9.89. The molecule has 0 N–H and O–H groups in total. The van der Waals surface area contributed by atoms with Crippen LogP contribution in [0.4, 0.5) is 0 Å². The monoisotopic (exact) mass is 250 g/mol. The Hall–Kier alpha value is -1.82. The molecular formula is C11H12N3O2S-. The first-order valence-corrected chi connectivity index (χ1v) is 5.94. The minimum atomic E-state index is -2.34. The van der Waals surface area contributed by atoms with E-state index in [0.717, 1.165) is 0 Å². The highest BCUT2D eigenvalue weighted by Crippen LogP contribution is 2.06. The van der Waals surface area contributed by atoms with Crippen LogP contribution in [0.3, 0.4) is 0 Å². The molecule has 0 aromatic heterocycles. The highest BCUT2D eigenvalue weighted by Gasteiger charge is 1.87. The zero-order valence-electron chi connectivity index (χ0n) is 9.80. The Labute approximate surface area is 101 Å². The van der Waals surface area contributed by atoms with Crippen LogP contribution in [0, 0.1) is 20.8 Å². The lowest BCUT2D eigenvalue weighted by Crippen LogP contribution is -1.89. The molecule has 90 valence electrons. The van der Waals surface area contributed by atoms with Crippen molar-refractivity contribution >= 4 is 21.5 Å². The van der Waals surface area contributed by atoms with Gasteiger partial charge in [0, 0.05) is 4.99 Å². The summed E-state index contributed by atoms with van der Waals surface area (Å²) in [6, 6.07) is 6.56. The minimum absolute atomic E-state index is 0.245. The average Bonchev–Trinajstić information content (AvgIpc) is 2.68. The fourth-order valence-corrected chi connectivity index (χ4v) is 1.64. The van der Waals surface area contributed by atoms with Crippen LogP contribution in [0.5, 0.6) is 0 Å². The quantitative estimate of drug-likeness (QED) is 0.521. The Kier molecular flexibility index (Phi) is 4.71. The average molecular weight is 250 g/mol. The van der Waals surface area contributed by atoms with E-state index in [0.29, 0.717) is 0 Å². The van der Waals surface area contributed by atoms with E-state index in [1.807, 2.05) is 0 Å². The summed E-state index contributed by atoms with van der Waals surface area (Å²) in [4.78, 5) is -0.245. The van der Waals surface area contributed by atoms with E-state index in [-0.39, 0.29) is 4.99 Å². The standard InChI is InChI=1S/C9H12.C2N3O2S/c1-7-4-8(2)6-9(3)5-7;6-8(7)2-1-3-5-4-2/h4-6H,1-3H3;/q;-1. The smallest absolute Gasteiger partial charge is 0.207 e. The highest BCUT2D eigenvalue weighted by molar-refractivity contribution is 7.74. The molecule has 1 aliphatic heterocycles. The van der Waals surface area contributed by atoms with Gasteiger partial charge in [-0.1, -0.05) is 40.1 Å². The number of hydrogen-bond acceptors (Lipinski definition) is 4. The van der Waals surface area contributed by atoms with Gasteiger partial charge in [-0.25, -0.2) is 0 Å². The summed E-state index contributed by atoms with van der Waals surface area (Å²) in [5.74, 6) is 0. The van der Waals surface area contributed by atoms with Gasteiger partial charge in [-0.2, -0.15) is 13.5 Å². The fourth-order valence-electron chi connectivity index (χ4n) is 1.42. The number of rotatable bonds is 0. The van der Waals surface area contributed by atoms with Crippen LogP contribution in [0.2, 0.25) is 0 Å². The Morgan fingerprint density at radius 1 is 1.00 bits per heavy atom. The van der Waals surface area contributed by atoms with E-state index in [9.17, 15) is 8.42 Å². The van der Waals surface area contributed by atoms with Crippen molar-refractivity contribution in [3.05, 3.63) is 34.9 Å². The summed E-state index contributed by atoms with van der Waals surface area (Å²) in [5.41, 5.74) is 4.06. The third kappa shape index (κ3) is 4.69. The summed E-state index contributed by atoms with van der Waals surface area (Å²) in [6.07, 6.45) is 2.05. The number of aryl methyl sites for hydroxylation is 3. The van der Waals surface area contributed by atoms with Crippen LogP contribution in [-0.4, -0.2) is 19.6 Å². The number of benzene rings is 1. The molecule has 0 aliphatic carbocycles. The summed E-state index contributed by atoms with van der Waals surface area (Å²) in [5, 5.41) is 9.15. The van der Waals surface area contributed by atoms with Gasteiger partial charge in [-0.05, 0) is 20.8 Å². The summed E-state index contributed by atoms with van der Waals surface area (Å²) >= 11 is 0. The maximum Gasteiger partial charge on any atom is 0.207 e. The molecule has 2 rings (SSSR count). The van der Waals surface area contributed by atoms with E-state index >= 15 is 0 Å². The van der Waals surface area contributed by atoms with Crippen molar-refractivity contribution in [3.63, 3.8) is 0 Å². The lowest BCUT2D eigenvalue weighted by Gasteiger charge is -1.96. The van der Waals surface area contributed by atoms with Crippen molar-refractivity contribution in [2.45, 2.75) is 20.8 Å². The first-order chi connectivity index (χ1) is 7.99. The summed E-state index contributed by atoms with van der Waals surface area (Å²) in [6.45, 7) is 6.38. The number of hydrogen-bond donors (Lipinski definition) is 0. The topological polar surface area (TPSA) is 71.2 Å². The van der Waals surface area contributed by atoms with Crippen LogP contribution < -0.4 is 0 Å². The SMILES string of the molecule is Cc1cc(C)cc(C)c1.O=S(=O)=C1[C-]=NN=N1. The lowest BCUT2D eigenvalue weighted by molar-refractivity contribution is 0.627. The largest absolute Gasteiger partial charge is 0.348 e. The van der Waals surface area contributed by atoms with Crippen LogP contribution in [0.15, 0.2) is 33.6 Å². The zero-order chi connectivity index (χ0) is 12.8. The van der Waals surface area contributed by atoms with Crippen LogP contribution in [0.25, 0.3) is 0 Å². The third-order valence-electron chi connectivity index (χ3n) is 1.85. The molecule has 0 amide bonds. The Morgan fingerprint density at radius 3 is 1.71 bits per heavy atom. The van der Waals surface area contributed by atoms with Gasteiger partial charge in [0.2, 0.25) is 10.3 Å². The molecule has 0 unspecified atom stereocenters. The van der Waals surface area contributed by atoms with Gasteiger partial charge in [0.05, 0.1) is 0 Å². The van der Waals surface area contributed by atoms with Crippen molar-refractivity contribution in [2.75, 3.05) is 0 Å². The van der Waals surface area contributed by atoms with Crippen LogP contribution in [-0.2, 0) is 10.3 Å². The Bertz CT molecular complexity index is 529. The predicted octanol–water partition coefficient (Wildman–Crippen LogP) is 1.94. The molecule has 0 atom stereocenters. The first kappa shape index (κ1) is 13.2. The molecule has 0 spiro atoms. The minimum Gasteiger partial charge on any atom is -0.348 e. The normalized spacial score (nSPS) is 12.3. The molecule has 0 fully saturated rings. The Balaban J connectivity index is 0.000000171. The lowest BCUT2D eigenvalue weighted by atomic mass is 10.1. The zero-order valence-corrected chi connectivity index (χ0v) is 10.6. The molecule has 0 bridgehead atoms. The molecule has 1 aromatic carbocycles. The molecule has 1 aromatic rings. The van der Waals surface area contributed by atoms with Gasteiger partial charge >= 0.3 is 0 Å². The third-order valence-corrected chi connectivity index (χ3v) is 2.34. The second-order valence-electron chi connectivity index (χ2n) is 3.61. The van der Waals surface area contributed by atoms with Gasteiger partial charge in [0.1, 0.15) is 0 Å². The molecule has 17 heavy (non-hydrogen) atoms. The van der Waals surface area contributed by atoms with Crippen molar-refractivity contribution < 1.29 is 8.42 Å². The van der Waals surface area contributed by atoms with Crippen molar-refractivity contribution in [2.24, 2.45) is 15.4 Å².